The minimum Gasteiger partial charge on any atom is -0.497 e. The third kappa shape index (κ3) is 6.86. The van der Waals surface area contributed by atoms with Crippen molar-refractivity contribution in [3.8, 4) is 5.75 Å². The molecule has 33 heavy (non-hydrogen) atoms. The number of rotatable bonds is 9. The third-order valence-electron chi connectivity index (χ3n) is 4.61. The van der Waals surface area contributed by atoms with Gasteiger partial charge in [-0.3, -0.25) is 14.7 Å². The SMILES string of the molecule is COc1ccc(NC(=O)CSc2n[nH]c([C@H](NC(=O)c3ccc(Cl)cc3Cl)C(C)C)n2)cc1. The van der Waals surface area contributed by atoms with Crippen LogP contribution >= 0.6 is 35.0 Å². The van der Waals surface area contributed by atoms with E-state index in [4.69, 9.17) is 27.9 Å². The second-order valence-corrected chi connectivity index (χ2v) is 9.17. The van der Waals surface area contributed by atoms with Gasteiger partial charge in [0.05, 0.1) is 29.5 Å². The van der Waals surface area contributed by atoms with Gasteiger partial charge >= 0.3 is 0 Å². The molecule has 11 heteroatoms. The zero-order valence-corrected chi connectivity index (χ0v) is 20.5. The number of aromatic amines is 1. The molecule has 0 bridgehead atoms. The van der Waals surface area contributed by atoms with Crippen molar-refractivity contribution >= 4 is 52.5 Å². The maximum absolute atomic E-state index is 12.7. The molecule has 174 valence electrons. The van der Waals surface area contributed by atoms with Crippen LogP contribution in [0.5, 0.6) is 5.75 Å². The number of amides is 2. The molecule has 0 saturated heterocycles. The topological polar surface area (TPSA) is 109 Å². The average Bonchev–Trinajstić information content (AvgIpc) is 3.25. The first kappa shape index (κ1) is 24.9. The molecule has 1 atom stereocenters. The van der Waals surface area contributed by atoms with E-state index >= 15 is 0 Å². The first-order chi connectivity index (χ1) is 15.8. The van der Waals surface area contributed by atoms with Crippen LogP contribution in [0.3, 0.4) is 0 Å². The van der Waals surface area contributed by atoms with Crippen LogP contribution in [0.25, 0.3) is 0 Å². The summed E-state index contributed by atoms with van der Waals surface area (Å²) < 4.78 is 5.10. The van der Waals surface area contributed by atoms with Crippen LogP contribution in [0.4, 0.5) is 5.69 Å². The Bertz CT molecular complexity index is 1120. The maximum Gasteiger partial charge on any atom is 0.253 e. The molecule has 3 aromatic rings. The highest BCUT2D eigenvalue weighted by Gasteiger charge is 2.24. The molecule has 0 aliphatic heterocycles. The van der Waals surface area contributed by atoms with E-state index in [1.54, 1.807) is 43.5 Å². The Morgan fingerprint density at radius 2 is 1.88 bits per heavy atom. The lowest BCUT2D eigenvalue weighted by Crippen LogP contribution is -2.32. The fourth-order valence-electron chi connectivity index (χ4n) is 2.91. The lowest BCUT2D eigenvalue weighted by Gasteiger charge is -2.20. The van der Waals surface area contributed by atoms with Crippen molar-refractivity contribution in [1.82, 2.24) is 20.5 Å². The summed E-state index contributed by atoms with van der Waals surface area (Å²) in [6, 6.07) is 11.3. The summed E-state index contributed by atoms with van der Waals surface area (Å²) in [6.45, 7) is 3.90. The van der Waals surface area contributed by atoms with E-state index in [0.29, 0.717) is 33.0 Å². The first-order valence-corrected chi connectivity index (χ1v) is 11.8. The number of benzene rings is 2. The molecule has 0 unspecified atom stereocenters. The fraction of sp³-hybridized carbons (Fsp3) is 0.273. The number of hydrogen-bond donors (Lipinski definition) is 3. The Hall–Kier alpha value is -2.75. The molecule has 0 aliphatic carbocycles. The van der Waals surface area contributed by atoms with Gasteiger partial charge in [0.1, 0.15) is 11.6 Å². The summed E-state index contributed by atoms with van der Waals surface area (Å²) in [5, 5.41) is 13.9. The normalized spacial score (nSPS) is 11.8. The number of nitrogens with zero attached hydrogens (tertiary/aromatic N) is 2. The first-order valence-electron chi connectivity index (χ1n) is 10.0. The molecule has 3 rings (SSSR count). The van der Waals surface area contributed by atoms with E-state index in [-0.39, 0.29) is 28.5 Å². The van der Waals surface area contributed by atoms with Crippen molar-refractivity contribution in [1.29, 1.82) is 0 Å². The summed E-state index contributed by atoms with van der Waals surface area (Å²) in [5.41, 5.74) is 0.983. The van der Waals surface area contributed by atoms with Crippen molar-refractivity contribution in [3.63, 3.8) is 0 Å². The van der Waals surface area contributed by atoms with Gasteiger partial charge in [-0.25, -0.2) is 4.98 Å². The molecular weight excluding hydrogens is 485 g/mol. The molecule has 1 aromatic heterocycles. The second kappa shape index (κ2) is 11.4. The average molecular weight is 508 g/mol. The van der Waals surface area contributed by atoms with Gasteiger partial charge in [0, 0.05) is 10.7 Å². The van der Waals surface area contributed by atoms with E-state index < -0.39 is 6.04 Å². The molecule has 0 radical (unpaired) electrons. The van der Waals surface area contributed by atoms with Crippen LogP contribution in [0.1, 0.15) is 36.1 Å². The quantitative estimate of drug-likeness (QED) is 0.352. The molecule has 8 nitrogen and oxygen atoms in total. The lowest BCUT2D eigenvalue weighted by atomic mass is 10.0. The molecule has 1 heterocycles. The van der Waals surface area contributed by atoms with Crippen LogP contribution in [-0.2, 0) is 4.79 Å². The summed E-state index contributed by atoms with van der Waals surface area (Å²) in [4.78, 5) is 29.4. The molecule has 0 fully saturated rings. The van der Waals surface area contributed by atoms with E-state index in [1.165, 1.54) is 17.8 Å². The highest BCUT2D eigenvalue weighted by atomic mass is 35.5. The molecule has 0 saturated carbocycles. The number of aromatic nitrogens is 3. The smallest absolute Gasteiger partial charge is 0.253 e. The van der Waals surface area contributed by atoms with Crippen molar-refractivity contribution in [2.24, 2.45) is 5.92 Å². The zero-order valence-electron chi connectivity index (χ0n) is 18.2. The molecule has 2 amide bonds. The minimum absolute atomic E-state index is 0.0178. The van der Waals surface area contributed by atoms with E-state index in [9.17, 15) is 9.59 Å². The van der Waals surface area contributed by atoms with E-state index in [1.807, 2.05) is 13.8 Å². The summed E-state index contributed by atoms with van der Waals surface area (Å²) in [7, 11) is 1.58. The zero-order chi connectivity index (χ0) is 24.0. The largest absolute Gasteiger partial charge is 0.497 e. The number of H-pyrrole nitrogens is 1. The highest BCUT2D eigenvalue weighted by Crippen LogP contribution is 2.25. The number of halogens is 2. The van der Waals surface area contributed by atoms with Crippen LogP contribution < -0.4 is 15.4 Å². The molecule has 0 aliphatic rings. The van der Waals surface area contributed by atoms with Crippen LogP contribution in [0.15, 0.2) is 47.6 Å². The molecule has 3 N–H and O–H groups in total. The van der Waals surface area contributed by atoms with Crippen LogP contribution in [-0.4, -0.2) is 39.9 Å². The number of hydrogen-bond acceptors (Lipinski definition) is 6. The summed E-state index contributed by atoms with van der Waals surface area (Å²) >= 11 is 13.2. The summed E-state index contributed by atoms with van der Waals surface area (Å²) in [6.07, 6.45) is 0. The van der Waals surface area contributed by atoms with Gasteiger partial charge in [-0.05, 0) is 48.4 Å². The monoisotopic (exact) mass is 507 g/mol. The van der Waals surface area contributed by atoms with Gasteiger partial charge in [0.15, 0.2) is 0 Å². The van der Waals surface area contributed by atoms with Gasteiger partial charge < -0.3 is 15.4 Å². The second-order valence-electron chi connectivity index (χ2n) is 7.39. The summed E-state index contributed by atoms with van der Waals surface area (Å²) in [5.74, 6) is 0.802. The lowest BCUT2D eigenvalue weighted by molar-refractivity contribution is -0.113. The molecule has 2 aromatic carbocycles. The Morgan fingerprint density at radius 3 is 2.52 bits per heavy atom. The number of thioether (sulfide) groups is 1. The number of carbonyl (C=O) groups excluding carboxylic acids is 2. The number of methoxy groups -OCH3 is 1. The standard InChI is InChI=1S/C22H23Cl2N5O3S/c1-12(2)19(26-21(31)16-9-4-13(23)10-17(16)24)20-27-22(29-28-20)33-11-18(30)25-14-5-7-15(32-3)8-6-14/h4-10,12,19H,11H2,1-3H3,(H,25,30)(H,26,31)(H,27,28,29)/t19-/m1/s1. The van der Waals surface area contributed by atoms with Crippen molar-refractivity contribution < 1.29 is 14.3 Å². The predicted octanol–water partition coefficient (Wildman–Crippen LogP) is 4.98. The van der Waals surface area contributed by atoms with Gasteiger partial charge in [0.25, 0.3) is 5.91 Å². The van der Waals surface area contributed by atoms with Gasteiger partial charge in [-0.15, -0.1) is 5.10 Å². The Balaban J connectivity index is 1.60. The highest BCUT2D eigenvalue weighted by molar-refractivity contribution is 7.99. The maximum atomic E-state index is 12.7. The van der Waals surface area contributed by atoms with Gasteiger partial charge in [0.2, 0.25) is 11.1 Å². The Labute approximate surface area is 205 Å². The number of carbonyl (C=O) groups is 2. The van der Waals surface area contributed by atoms with Gasteiger partial charge in [-0.2, -0.15) is 0 Å². The van der Waals surface area contributed by atoms with Gasteiger partial charge in [-0.1, -0.05) is 48.8 Å². The Kier molecular flexibility index (Phi) is 8.60. The Morgan fingerprint density at radius 1 is 1.15 bits per heavy atom. The van der Waals surface area contributed by atoms with Crippen LogP contribution in [0.2, 0.25) is 10.0 Å². The molecular formula is C22H23Cl2N5O3S. The number of nitrogens with one attached hydrogen (secondary N) is 3. The molecule has 0 spiro atoms. The third-order valence-corrected chi connectivity index (χ3v) is 6.01. The predicted molar refractivity (Wildman–Crippen MR) is 130 cm³/mol. The van der Waals surface area contributed by atoms with Crippen molar-refractivity contribution in [2.45, 2.75) is 25.0 Å². The van der Waals surface area contributed by atoms with E-state index in [0.717, 1.165) is 0 Å². The van der Waals surface area contributed by atoms with Crippen LogP contribution in [0, 0.1) is 5.92 Å². The van der Waals surface area contributed by atoms with Crippen molar-refractivity contribution in [2.75, 3.05) is 18.2 Å². The minimum atomic E-state index is -0.431. The van der Waals surface area contributed by atoms with E-state index in [2.05, 4.69) is 25.8 Å². The number of anilines is 1. The number of ether oxygens (including phenoxy) is 1. The van der Waals surface area contributed by atoms with Crippen molar-refractivity contribution in [3.05, 3.63) is 63.9 Å². The fourth-order valence-corrected chi connectivity index (χ4v) is 4.01.